The number of unbranched alkanes of at least 4 members (excludes halogenated alkanes) is 7. The number of ether oxygens (including phenoxy) is 2. The minimum Gasteiger partial charge on any atom is -0.494 e. The van der Waals surface area contributed by atoms with Crippen LogP contribution in [0, 0.1) is 5.92 Å². The molecular formula is C32H50NO3+. The molecule has 0 aliphatic carbocycles. The largest absolute Gasteiger partial charge is 0.494 e. The summed E-state index contributed by atoms with van der Waals surface area (Å²) in [5.74, 6) is 0.689. The van der Waals surface area contributed by atoms with Gasteiger partial charge in [0.1, 0.15) is 18.2 Å². The Hall–Kier alpha value is -2.33. The van der Waals surface area contributed by atoms with Crippen LogP contribution in [0.15, 0.2) is 54.6 Å². The second kappa shape index (κ2) is 17.2. The van der Waals surface area contributed by atoms with Crippen molar-refractivity contribution in [1.29, 1.82) is 0 Å². The maximum atomic E-state index is 12.4. The van der Waals surface area contributed by atoms with E-state index in [-0.39, 0.29) is 11.9 Å². The van der Waals surface area contributed by atoms with Gasteiger partial charge < -0.3 is 14.0 Å². The molecule has 4 nitrogen and oxygen atoms in total. The lowest BCUT2D eigenvalue weighted by atomic mass is 10.0. The summed E-state index contributed by atoms with van der Waals surface area (Å²) >= 11 is 0. The molecule has 1 unspecified atom stereocenters. The molecule has 2 aromatic carbocycles. The zero-order valence-corrected chi connectivity index (χ0v) is 23.3. The van der Waals surface area contributed by atoms with Crippen molar-refractivity contribution in [3.8, 4) is 5.75 Å². The average Bonchev–Trinajstić information content (AvgIpc) is 2.86. The number of quaternary nitrogens is 1. The van der Waals surface area contributed by atoms with E-state index in [1.54, 1.807) is 0 Å². The number of aryl methyl sites for hydroxylation is 1. The highest BCUT2D eigenvalue weighted by Gasteiger charge is 2.25. The third-order valence-electron chi connectivity index (χ3n) is 6.67. The first kappa shape index (κ1) is 29.9. The molecule has 0 amide bonds. The Morgan fingerprint density at radius 1 is 0.778 bits per heavy atom. The van der Waals surface area contributed by atoms with E-state index in [1.807, 2.05) is 13.0 Å². The van der Waals surface area contributed by atoms with Gasteiger partial charge in [-0.2, -0.15) is 0 Å². The van der Waals surface area contributed by atoms with Crippen molar-refractivity contribution in [2.24, 2.45) is 5.92 Å². The van der Waals surface area contributed by atoms with Crippen LogP contribution < -0.4 is 4.74 Å². The van der Waals surface area contributed by atoms with Crippen molar-refractivity contribution in [3.05, 3.63) is 65.7 Å². The molecule has 2 rings (SSSR count). The van der Waals surface area contributed by atoms with Crippen LogP contribution in [0.3, 0.4) is 0 Å². The van der Waals surface area contributed by atoms with Crippen LogP contribution in [-0.4, -0.2) is 44.3 Å². The lowest BCUT2D eigenvalue weighted by Crippen LogP contribution is -2.44. The van der Waals surface area contributed by atoms with Gasteiger partial charge in [-0.25, -0.2) is 0 Å². The van der Waals surface area contributed by atoms with Crippen molar-refractivity contribution in [1.82, 2.24) is 0 Å². The van der Waals surface area contributed by atoms with Crippen LogP contribution in [0.2, 0.25) is 0 Å². The molecule has 36 heavy (non-hydrogen) atoms. The lowest BCUT2D eigenvalue weighted by Gasteiger charge is -2.31. The van der Waals surface area contributed by atoms with Gasteiger partial charge in [0.25, 0.3) is 0 Å². The standard InChI is InChI=1S/C32H50NO3/c1-5-6-7-8-9-10-12-17-29-20-22-31(23-21-29)35-24-15-16-25-36-32(34)28(2)26-33(3,4)27-30-18-13-11-14-19-30/h11,13-14,18-23,28H,5-10,12,15-17,24-27H2,1-4H3/q+1. The molecule has 0 saturated heterocycles. The van der Waals surface area contributed by atoms with Gasteiger partial charge in [0.05, 0.1) is 33.9 Å². The third-order valence-corrected chi connectivity index (χ3v) is 6.67. The maximum Gasteiger partial charge on any atom is 0.314 e. The van der Waals surface area contributed by atoms with Crippen LogP contribution in [0.25, 0.3) is 0 Å². The van der Waals surface area contributed by atoms with E-state index in [1.165, 1.54) is 56.1 Å². The molecule has 1 atom stereocenters. The molecule has 200 valence electrons. The molecule has 0 bridgehead atoms. The monoisotopic (exact) mass is 496 g/mol. The van der Waals surface area contributed by atoms with Crippen molar-refractivity contribution in [3.63, 3.8) is 0 Å². The molecule has 0 heterocycles. The zero-order chi connectivity index (χ0) is 26.1. The summed E-state index contributed by atoms with van der Waals surface area (Å²) in [6.45, 7) is 6.98. The number of hydrogen-bond acceptors (Lipinski definition) is 3. The van der Waals surface area contributed by atoms with Gasteiger partial charge in [0.2, 0.25) is 0 Å². The van der Waals surface area contributed by atoms with Crippen molar-refractivity contribution in [2.75, 3.05) is 33.9 Å². The van der Waals surface area contributed by atoms with E-state index in [4.69, 9.17) is 9.47 Å². The normalized spacial score (nSPS) is 12.3. The predicted molar refractivity (Wildman–Crippen MR) is 150 cm³/mol. The molecule has 0 fully saturated rings. The SMILES string of the molecule is CCCCCCCCCc1ccc(OCCCCOC(=O)C(C)C[N+](C)(C)Cc2ccccc2)cc1. The Bertz CT molecular complexity index is 832. The molecule has 0 aliphatic rings. The highest BCUT2D eigenvalue weighted by Crippen LogP contribution is 2.16. The quantitative estimate of drug-likeness (QED) is 0.114. The number of esters is 1. The van der Waals surface area contributed by atoms with E-state index in [0.29, 0.717) is 13.2 Å². The van der Waals surface area contributed by atoms with E-state index in [0.717, 1.165) is 42.6 Å². The Morgan fingerprint density at radius 2 is 1.42 bits per heavy atom. The molecule has 4 heteroatoms. The fourth-order valence-electron chi connectivity index (χ4n) is 4.71. The minimum absolute atomic E-state index is 0.105. The van der Waals surface area contributed by atoms with Crippen molar-refractivity contribution in [2.45, 2.75) is 84.6 Å². The van der Waals surface area contributed by atoms with E-state index in [9.17, 15) is 4.79 Å². The Kier molecular flexibility index (Phi) is 14.3. The number of benzene rings is 2. The molecular weight excluding hydrogens is 446 g/mol. The molecule has 2 aromatic rings. The second-order valence-corrected chi connectivity index (χ2v) is 10.9. The molecule has 0 N–H and O–H groups in total. The van der Waals surface area contributed by atoms with Gasteiger partial charge in [-0.05, 0) is 50.3 Å². The summed E-state index contributed by atoms with van der Waals surface area (Å²) in [6.07, 6.45) is 12.3. The van der Waals surface area contributed by atoms with Gasteiger partial charge in [-0.15, -0.1) is 0 Å². The van der Waals surface area contributed by atoms with Crippen LogP contribution in [0.1, 0.15) is 82.8 Å². The number of hydrogen-bond donors (Lipinski definition) is 0. The first-order valence-corrected chi connectivity index (χ1v) is 14.1. The van der Waals surface area contributed by atoms with Crippen LogP contribution in [0.5, 0.6) is 5.75 Å². The van der Waals surface area contributed by atoms with Gasteiger partial charge in [-0.3, -0.25) is 4.79 Å². The summed E-state index contributed by atoms with van der Waals surface area (Å²) in [5.41, 5.74) is 2.67. The third kappa shape index (κ3) is 13.1. The second-order valence-electron chi connectivity index (χ2n) is 10.9. The van der Waals surface area contributed by atoms with Crippen LogP contribution >= 0.6 is 0 Å². The fraction of sp³-hybridized carbons (Fsp3) is 0.594. The fourth-order valence-corrected chi connectivity index (χ4v) is 4.71. The van der Waals surface area contributed by atoms with Crippen molar-refractivity contribution >= 4 is 5.97 Å². The first-order chi connectivity index (χ1) is 17.4. The van der Waals surface area contributed by atoms with Gasteiger partial charge >= 0.3 is 5.97 Å². The topological polar surface area (TPSA) is 35.5 Å². The Balaban J connectivity index is 1.53. The number of carbonyl (C=O) groups excluding carboxylic acids is 1. The molecule has 0 radical (unpaired) electrons. The smallest absolute Gasteiger partial charge is 0.314 e. The van der Waals surface area contributed by atoms with Gasteiger partial charge in [0, 0.05) is 5.56 Å². The van der Waals surface area contributed by atoms with E-state index in [2.05, 4.69) is 69.6 Å². The lowest BCUT2D eigenvalue weighted by molar-refractivity contribution is -0.905. The van der Waals surface area contributed by atoms with Gasteiger partial charge in [-0.1, -0.05) is 87.9 Å². The summed E-state index contributed by atoms with van der Waals surface area (Å²) in [4.78, 5) is 12.4. The van der Waals surface area contributed by atoms with Crippen molar-refractivity contribution < 1.29 is 18.8 Å². The number of nitrogens with zero attached hydrogens (tertiary/aromatic N) is 1. The highest BCUT2D eigenvalue weighted by atomic mass is 16.5. The summed E-state index contributed by atoms with van der Waals surface area (Å²) in [7, 11) is 4.33. The molecule has 0 saturated carbocycles. The highest BCUT2D eigenvalue weighted by molar-refractivity contribution is 5.72. The van der Waals surface area contributed by atoms with Gasteiger partial charge in [0.15, 0.2) is 0 Å². The summed E-state index contributed by atoms with van der Waals surface area (Å²) in [6, 6.07) is 19.0. The maximum absolute atomic E-state index is 12.4. The zero-order valence-electron chi connectivity index (χ0n) is 23.3. The van der Waals surface area contributed by atoms with E-state index < -0.39 is 0 Å². The molecule has 0 aromatic heterocycles. The summed E-state index contributed by atoms with van der Waals surface area (Å²) in [5, 5.41) is 0. The van der Waals surface area contributed by atoms with Crippen LogP contribution in [-0.2, 0) is 22.5 Å². The molecule has 0 aliphatic heterocycles. The average molecular weight is 497 g/mol. The molecule has 0 spiro atoms. The minimum atomic E-state index is -0.125. The number of rotatable bonds is 19. The van der Waals surface area contributed by atoms with E-state index >= 15 is 0 Å². The first-order valence-electron chi connectivity index (χ1n) is 14.1. The Morgan fingerprint density at radius 3 is 2.11 bits per heavy atom. The van der Waals surface area contributed by atoms with Crippen LogP contribution in [0.4, 0.5) is 0 Å². The number of carbonyl (C=O) groups is 1. The predicted octanol–water partition coefficient (Wildman–Crippen LogP) is 7.59. The summed E-state index contributed by atoms with van der Waals surface area (Å²) < 4.78 is 12.2. The Labute approximate surface area is 220 Å².